The van der Waals surface area contributed by atoms with Crippen LogP contribution in [0.5, 0.6) is 0 Å². The highest BCUT2D eigenvalue weighted by Gasteiger charge is 2.20. The lowest BCUT2D eigenvalue weighted by atomic mass is 10.2. The molecule has 0 amide bonds. The van der Waals surface area contributed by atoms with Gasteiger partial charge in [0.05, 0.1) is 4.90 Å². The number of hydrazine groups is 1. The predicted octanol–water partition coefficient (Wildman–Crippen LogP) is 1.26. The van der Waals surface area contributed by atoms with Crippen LogP contribution in [0.1, 0.15) is 24.8 Å². The van der Waals surface area contributed by atoms with Crippen LogP contribution in [-0.2, 0) is 10.0 Å². The van der Waals surface area contributed by atoms with Crippen LogP contribution < -0.4 is 10.6 Å². The first kappa shape index (κ1) is 13.3. The molecule has 1 heterocycles. The van der Waals surface area contributed by atoms with Crippen LogP contribution in [0.4, 0.5) is 5.69 Å². The SMILES string of the molecule is Cc1cc(N)cc(S(=O)(=O)NN2CCCCC2)c1. The minimum Gasteiger partial charge on any atom is -0.399 e. The fourth-order valence-corrected chi connectivity index (χ4v) is 3.40. The molecule has 1 aliphatic heterocycles. The number of hydrogen-bond donors (Lipinski definition) is 2. The van der Waals surface area contributed by atoms with Crippen LogP contribution in [0.3, 0.4) is 0 Å². The predicted molar refractivity (Wildman–Crippen MR) is 71.3 cm³/mol. The number of rotatable bonds is 3. The molecule has 1 saturated heterocycles. The average Bonchev–Trinajstić information content (AvgIpc) is 2.28. The third kappa shape index (κ3) is 3.22. The molecule has 0 spiro atoms. The number of piperidine rings is 1. The zero-order valence-electron chi connectivity index (χ0n) is 10.5. The minimum atomic E-state index is -3.51. The van der Waals surface area contributed by atoms with E-state index in [0.717, 1.165) is 37.9 Å². The lowest BCUT2D eigenvalue weighted by Crippen LogP contribution is -2.44. The highest BCUT2D eigenvalue weighted by atomic mass is 32.2. The Kier molecular flexibility index (Phi) is 3.89. The Morgan fingerprint density at radius 3 is 2.44 bits per heavy atom. The standard InChI is InChI=1S/C12H19N3O2S/c1-10-7-11(13)9-12(8-10)18(16,17)14-15-5-3-2-4-6-15/h7-9,14H,2-6,13H2,1H3. The van der Waals surface area contributed by atoms with Gasteiger partial charge in [0.15, 0.2) is 0 Å². The fraction of sp³-hybridized carbons (Fsp3) is 0.500. The number of nitrogens with zero attached hydrogens (tertiary/aromatic N) is 1. The lowest BCUT2D eigenvalue weighted by molar-refractivity contribution is 0.200. The third-order valence-electron chi connectivity index (χ3n) is 2.99. The Hall–Kier alpha value is -1.11. The fourth-order valence-electron chi connectivity index (χ4n) is 2.14. The number of sulfonamides is 1. The monoisotopic (exact) mass is 269 g/mol. The first-order valence-electron chi connectivity index (χ1n) is 6.12. The van der Waals surface area contributed by atoms with Crippen molar-refractivity contribution < 1.29 is 8.42 Å². The van der Waals surface area contributed by atoms with Crippen LogP contribution in [-0.4, -0.2) is 26.5 Å². The van der Waals surface area contributed by atoms with Crippen molar-refractivity contribution in [1.29, 1.82) is 0 Å². The van der Waals surface area contributed by atoms with Crippen LogP contribution in [0.2, 0.25) is 0 Å². The highest BCUT2D eigenvalue weighted by Crippen LogP contribution is 2.17. The molecule has 100 valence electrons. The van der Waals surface area contributed by atoms with Gasteiger partial charge in [0.1, 0.15) is 0 Å². The Bertz CT molecular complexity index is 502. The molecule has 1 aromatic rings. The molecule has 3 N–H and O–H groups in total. The van der Waals surface area contributed by atoms with Crippen molar-refractivity contribution in [2.45, 2.75) is 31.1 Å². The van der Waals surface area contributed by atoms with Gasteiger partial charge in [-0.1, -0.05) is 6.42 Å². The Labute approximate surface area is 108 Å². The largest absolute Gasteiger partial charge is 0.399 e. The van der Waals surface area contributed by atoms with Crippen LogP contribution in [0, 0.1) is 6.92 Å². The van der Waals surface area contributed by atoms with Crippen LogP contribution in [0.15, 0.2) is 23.1 Å². The van der Waals surface area contributed by atoms with Gasteiger partial charge in [0.2, 0.25) is 0 Å². The second-order valence-corrected chi connectivity index (χ2v) is 6.38. The van der Waals surface area contributed by atoms with Crippen molar-refractivity contribution in [2.75, 3.05) is 18.8 Å². The van der Waals surface area contributed by atoms with Gasteiger partial charge in [-0.2, -0.15) is 0 Å². The van der Waals surface area contributed by atoms with Crippen molar-refractivity contribution in [1.82, 2.24) is 9.84 Å². The zero-order valence-corrected chi connectivity index (χ0v) is 11.3. The van der Waals surface area contributed by atoms with E-state index in [2.05, 4.69) is 4.83 Å². The van der Waals surface area contributed by atoms with E-state index in [0.29, 0.717) is 5.69 Å². The van der Waals surface area contributed by atoms with Gasteiger partial charge in [-0.25, -0.2) is 13.4 Å². The topological polar surface area (TPSA) is 75.4 Å². The maximum atomic E-state index is 12.2. The molecule has 0 aromatic heterocycles. The molecule has 1 aliphatic rings. The molecule has 0 unspecified atom stereocenters. The summed E-state index contributed by atoms with van der Waals surface area (Å²) in [4.78, 5) is 2.84. The smallest absolute Gasteiger partial charge is 0.253 e. The molecule has 0 aliphatic carbocycles. The number of aryl methyl sites for hydroxylation is 1. The molecule has 6 heteroatoms. The first-order valence-corrected chi connectivity index (χ1v) is 7.60. The van der Waals surface area contributed by atoms with E-state index in [1.54, 1.807) is 17.1 Å². The zero-order chi connectivity index (χ0) is 13.2. The average molecular weight is 269 g/mol. The summed E-state index contributed by atoms with van der Waals surface area (Å²) >= 11 is 0. The quantitative estimate of drug-likeness (QED) is 0.810. The molecule has 0 saturated carbocycles. The number of nitrogens with two attached hydrogens (primary N) is 1. The summed E-state index contributed by atoms with van der Waals surface area (Å²) in [5, 5.41) is 1.76. The number of nitrogens with one attached hydrogen (secondary N) is 1. The molecule has 2 rings (SSSR count). The Balaban J connectivity index is 2.19. The molecular weight excluding hydrogens is 250 g/mol. The lowest BCUT2D eigenvalue weighted by Gasteiger charge is -2.26. The summed E-state index contributed by atoms with van der Waals surface area (Å²) in [5.74, 6) is 0. The maximum Gasteiger partial charge on any atom is 0.253 e. The van der Waals surface area contributed by atoms with E-state index >= 15 is 0 Å². The van der Waals surface area contributed by atoms with E-state index in [9.17, 15) is 8.42 Å². The molecule has 18 heavy (non-hydrogen) atoms. The normalized spacial score (nSPS) is 17.8. The second-order valence-electron chi connectivity index (χ2n) is 4.72. The van der Waals surface area contributed by atoms with E-state index in [4.69, 9.17) is 5.73 Å². The summed E-state index contributed by atoms with van der Waals surface area (Å²) in [7, 11) is -3.51. The number of hydrogen-bond acceptors (Lipinski definition) is 4. The second kappa shape index (κ2) is 5.26. The van der Waals surface area contributed by atoms with Gasteiger partial charge in [0.25, 0.3) is 10.0 Å². The van der Waals surface area contributed by atoms with E-state index in [-0.39, 0.29) is 4.90 Å². The summed E-state index contributed by atoms with van der Waals surface area (Å²) in [6.45, 7) is 3.36. The molecule has 1 aromatic carbocycles. The van der Waals surface area contributed by atoms with Crippen LogP contribution >= 0.6 is 0 Å². The Morgan fingerprint density at radius 1 is 1.17 bits per heavy atom. The summed E-state index contributed by atoms with van der Waals surface area (Å²) in [5.41, 5.74) is 6.99. The van der Waals surface area contributed by atoms with Crippen molar-refractivity contribution in [3.05, 3.63) is 23.8 Å². The maximum absolute atomic E-state index is 12.2. The minimum absolute atomic E-state index is 0.227. The number of nitrogen functional groups attached to an aromatic ring is 1. The van der Waals surface area contributed by atoms with Crippen LogP contribution in [0.25, 0.3) is 0 Å². The number of benzene rings is 1. The summed E-state index contributed by atoms with van der Waals surface area (Å²) in [6, 6.07) is 4.86. The van der Waals surface area contributed by atoms with Crippen molar-refractivity contribution in [2.24, 2.45) is 0 Å². The first-order chi connectivity index (χ1) is 8.47. The van der Waals surface area contributed by atoms with Gasteiger partial charge in [0, 0.05) is 18.8 Å². The molecule has 0 bridgehead atoms. The van der Waals surface area contributed by atoms with Gasteiger partial charge < -0.3 is 5.73 Å². The van der Waals surface area contributed by atoms with E-state index < -0.39 is 10.0 Å². The molecule has 1 fully saturated rings. The molecule has 0 radical (unpaired) electrons. The van der Waals surface area contributed by atoms with E-state index in [1.165, 1.54) is 6.07 Å². The van der Waals surface area contributed by atoms with Gasteiger partial charge >= 0.3 is 0 Å². The van der Waals surface area contributed by atoms with Gasteiger partial charge in [-0.05, 0) is 43.5 Å². The third-order valence-corrected chi connectivity index (χ3v) is 4.34. The molecular formula is C12H19N3O2S. The van der Waals surface area contributed by atoms with Gasteiger partial charge in [-0.3, -0.25) is 0 Å². The summed E-state index contributed by atoms with van der Waals surface area (Å²) < 4.78 is 24.4. The molecule has 0 atom stereocenters. The van der Waals surface area contributed by atoms with E-state index in [1.807, 2.05) is 6.92 Å². The van der Waals surface area contributed by atoms with Crippen molar-refractivity contribution in [3.8, 4) is 0 Å². The number of anilines is 1. The van der Waals surface area contributed by atoms with Crippen molar-refractivity contribution >= 4 is 15.7 Å². The van der Waals surface area contributed by atoms with Gasteiger partial charge in [-0.15, -0.1) is 4.83 Å². The highest BCUT2D eigenvalue weighted by molar-refractivity contribution is 7.89. The molecule has 5 nitrogen and oxygen atoms in total. The summed E-state index contributed by atoms with van der Waals surface area (Å²) in [6.07, 6.45) is 3.21. The van der Waals surface area contributed by atoms with Crippen molar-refractivity contribution in [3.63, 3.8) is 0 Å². The Morgan fingerprint density at radius 2 is 1.83 bits per heavy atom.